The molecule has 1 rings (SSSR count). The Morgan fingerprint density at radius 3 is 2.67 bits per heavy atom. The minimum absolute atomic E-state index is 0.0301. The molecule has 2 atom stereocenters. The van der Waals surface area contributed by atoms with Gasteiger partial charge in [0.15, 0.2) is 0 Å². The maximum atomic E-state index is 10.5. The second kappa shape index (κ2) is 2.35. The zero-order valence-electron chi connectivity index (χ0n) is 5.59. The van der Waals surface area contributed by atoms with Crippen molar-refractivity contribution < 1.29 is 14.3 Å². The summed E-state index contributed by atoms with van der Waals surface area (Å²) in [4.78, 5) is 10.5. The standard InChI is InChI=1S/C6H10O3/c1-4-5(8-2)3-6(7)9-4/h4-5H,3H2,1-2H3. The van der Waals surface area contributed by atoms with E-state index in [9.17, 15) is 4.79 Å². The molecule has 0 aliphatic carbocycles. The van der Waals surface area contributed by atoms with Crippen molar-refractivity contribution in [2.75, 3.05) is 7.11 Å². The number of rotatable bonds is 1. The summed E-state index contributed by atoms with van der Waals surface area (Å²) in [5.74, 6) is -0.158. The van der Waals surface area contributed by atoms with Gasteiger partial charge in [-0.1, -0.05) is 0 Å². The molecule has 1 saturated heterocycles. The molecular weight excluding hydrogens is 120 g/mol. The molecule has 3 nitrogen and oxygen atoms in total. The Labute approximate surface area is 53.9 Å². The normalized spacial score (nSPS) is 34.7. The molecule has 0 spiro atoms. The van der Waals surface area contributed by atoms with Crippen LogP contribution >= 0.6 is 0 Å². The number of methoxy groups -OCH3 is 1. The first-order valence-corrected chi connectivity index (χ1v) is 2.96. The average Bonchev–Trinajstić information content (AvgIpc) is 2.10. The lowest BCUT2D eigenvalue weighted by Crippen LogP contribution is -2.18. The molecule has 0 aromatic heterocycles. The summed E-state index contributed by atoms with van der Waals surface area (Å²) >= 11 is 0. The van der Waals surface area contributed by atoms with E-state index in [2.05, 4.69) is 0 Å². The van der Waals surface area contributed by atoms with Crippen LogP contribution in [0.2, 0.25) is 0 Å². The topological polar surface area (TPSA) is 35.5 Å². The zero-order chi connectivity index (χ0) is 6.85. The van der Waals surface area contributed by atoms with Crippen molar-refractivity contribution >= 4 is 5.97 Å². The average molecular weight is 130 g/mol. The maximum Gasteiger partial charge on any atom is 0.308 e. The van der Waals surface area contributed by atoms with Crippen molar-refractivity contribution in [1.82, 2.24) is 0 Å². The second-order valence-electron chi connectivity index (χ2n) is 2.17. The van der Waals surface area contributed by atoms with Crippen LogP contribution in [0.15, 0.2) is 0 Å². The van der Waals surface area contributed by atoms with Gasteiger partial charge in [-0.15, -0.1) is 0 Å². The highest BCUT2D eigenvalue weighted by atomic mass is 16.6. The van der Waals surface area contributed by atoms with Crippen LogP contribution in [-0.2, 0) is 14.3 Å². The van der Waals surface area contributed by atoms with Gasteiger partial charge in [0.1, 0.15) is 12.2 Å². The molecule has 0 N–H and O–H groups in total. The first kappa shape index (κ1) is 6.55. The molecule has 0 aromatic carbocycles. The third-order valence-corrected chi connectivity index (χ3v) is 1.51. The van der Waals surface area contributed by atoms with E-state index in [4.69, 9.17) is 9.47 Å². The molecule has 3 heteroatoms. The molecule has 1 aliphatic rings. The Kier molecular flexibility index (Phi) is 1.71. The predicted molar refractivity (Wildman–Crippen MR) is 31.0 cm³/mol. The van der Waals surface area contributed by atoms with Crippen molar-refractivity contribution in [3.05, 3.63) is 0 Å². The first-order valence-electron chi connectivity index (χ1n) is 2.96. The van der Waals surface area contributed by atoms with Crippen LogP contribution in [-0.4, -0.2) is 25.3 Å². The lowest BCUT2D eigenvalue weighted by atomic mass is 10.2. The molecule has 9 heavy (non-hydrogen) atoms. The number of hydrogen-bond donors (Lipinski definition) is 0. The van der Waals surface area contributed by atoms with E-state index in [1.807, 2.05) is 6.92 Å². The van der Waals surface area contributed by atoms with Crippen LogP contribution in [0.1, 0.15) is 13.3 Å². The van der Waals surface area contributed by atoms with Crippen molar-refractivity contribution in [2.45, 2.75) is 25.6 Å². The van der Waals surface area contributed by atoms with Crippen LogP contribution in [0.3, 0.4) is 0 Å². The monoisotopic (exact) mass is 130 g/mol. The third kappa shape index (κ3) is 1.21. The van der Waals surface area contributed by atoms with Crippen molar-refractivity contribution in [3.63, 3.8) is 0 Å². The van der Waals surface area contributed by atoms with Gasteiger partial charge >= 0.3 is 5.97 Å². The Bertz CT molecular complexity index is 121. The molecule has 1 heterocycles. The first-order chi connectivity index (χ1) is 4.24. The van der Waals surface area contributed by atoms with E-state index >= 15 is 0 Å². The van der Waals surface area contributed by atoms with E-state index < -0.39 is 0 Å². The van der Waals surface area contributed by atoms with Crippen molar-refractivity contribution in [1.29, 1.82) is 0 Å². The van der Waals surface area contributed by atoms with Gasteiger partial charge in [-0.25, -0.2) is 0 Å². The Hall–Kier alpha value is -0.570. The summed E-state index contributed by atoms with van der Waals surface area (Å²) in [5.41, 5.74) is 0. The summed E-state index contributed by atoms with van der Waals surface area (Å²) in [7, 11) is 1.59. The SMILES string of the molecule is COC1CC(=O)OC1C. The third-order valence-electron chi connectivity index (χ3n) is 1.51. The highest BCUT2D eigenvalue weighted by molar-refractivity contribution is 5.72. The lowest BCUT2D eigenvalue weighted by Gasteiger charge is -2.08. The Morgan fingerprint density at radius 1 is 1.78 bits per heavy atom. The Morgan fingerprint density at radius 2 is 2.44 bits per heavy atom. The van der Waals surface area contributed by atoms with E-state index in [0.717, 1.165) is 0 Å². The quantitative estimate of drug-likeness (QED) is 0.480. The lowest BCUT2D eigenvalue weighted by molar-refractivity contribution is -0.141. The summed E-state index contributed by atoms with van der Waals surface area (Å²) in [6.45, 7) is 1.83. The zero-order valence-corrected chi connectivity index (χ0v) is 5.59. The molecule has 52 valence electrons. The number of ether oxygens (including phenoxy) is 2. The minimum Gasteiger partial charge on any atom is -0.460 e. The molecule has 0 aromatic rings. The summed E-state index contributed by atoms with van der Waals surface area (Å²) in [6, 6.07) is 0. The summed E-state index contributed by atoms with van der Waals surface area (Å²) < 4.78 is 9.75. The molecule has 1 aliphatic heterocycles. The molecule has 0 radical (unpaired) electrons. The van der Waals surface area contributed by atoms with Gasteiger partial charge in [0.05, 0.1) is 6.42 Å². The Balaban J connectivity index is 2.47. The highest BCUT2D eigenvalue weighted by Gasteiger charge is 2.30. The molecule has 0 saturated carbocycles. The van der Waals surface area contributed by atoms with E-state index in [0.29, 0.717) is 6.42 Å². The van der Waals surface area contributed by atoms with Gasteiger partial charge in [-0.2, -0.15) is 0 Å². The molecule has 2 unspecified atom stereocenters. The highest BCUT2D eigenvalue weighted by Crippen LogP contribution is 2.16. The van der Waals surface area contributed by atoms with Crippen LogP contribution in [0.4, 0.5) is 0 Å². The van der Waals surface area contributed by atoms with Gasteiger partial charge in [-0.05, 0) is 6.92 Å². The predicted octanol–water partition coefficient (Wildman–Crippen LogP) is 0.337. The van der Waals surface area contributed by atoms with Crippen molar-refractivity contribution in [2.24, 2.45) is 0 Å². The van der Waals surface area contributed by atoms with E-state index in [1.165, 1.54) is 0 Å². The fourth-order valence-corrected chi connectivity index (χ4v) is 0.937. The number of cyclic esters (lactones) is 1. The number of esters is 1. The van der Waals surface area contributed by atoms with E-state index in [1.54, 1.807) is 7.11 Å². The van der Waals surface area contributed by atoms with Gasteiger partial charge in [0.2, 0.25) is 0 Å². The maximum absolute atomic E-state index is 10.5. The fraction of sp³-hybridized carbons (Fsp3) is 0.833. The summed E-state index contributed by atoms with van der Waals surface area (Å²) in [6.07, 6.45) is 0.303. The summed E-state index contributed by atoms with van der Waals surface area (Å²) in [5, 5.41) is 0. The van der Waals surface area contributed by atoms with Gasteiger partial charge in [-0.3, -0.25) is 4.79 Å². The molecule has 0 bridgehead atoms. The molecular formula is C6H10O3. The number of carbonyl (C=O) groups is 1. The number of hydrogen-bond acceptors (Lipinski definition) is 3. The van der Waals surface area contributed by atoms with Crippen LogP contribution in [0.5, 0.6) is 0 Å². The van der Waals surface area contributed by atoms with Gasteiger partial charge in [0.25, 0.3) is 0 Å². The van der Waals surface area contributed by atoms with Crippen LogP contribution in [0, 0.1) is 0 Å². The smallest absolute Gasteiger partial charge is 0.308 e. The van der Waals surface area contributed by atoms with Gasteiger partial charge in [0, 0.05) is 7.11 Å². The fourth-order valence-electron chi connectivity index (χ4n) is 0.937. The van der Waals surface area contributed by atoms with Crippen LogP contribution in [0.25, 0.3) is 0 Å². The van der Waals surface area contributed by atoms with E-state index in [-0.39, 0.29) is 18.2 Å². The largest absolute Gasteiger partial charge is 0.460 e. The second-order valence-corrected chi connectivity index (χ2v) is 2.17. The minimum atomic E-state index is -0.158. The van der Waals surface area contributed by atoms with Crippen LogP contribution < -0.4 is 0 Å². The van der Waals surface area contributed by atoms with Gasteiger partial charge < -0.3 is 9.47 Å². The molecule has 0 amide bonds. The number of carbonyl (C=O) groups excluding carboxylic acids is 1. The molecule has 1 fully saturated rings. The van der Waals surface area contributed by atoms with Crippen molar-refractivity contribution in [3.8, 4) is 0 Å².